The van der Waals surface area contributed by atoms with Gasteiger partial charge in [0.05, 0.1) is 17.8 Å². The van der Waals surface area contributed by atoms with Crippen LogP contribution in [0.15, 0.2) is 24.3 Å². The molecule has 1 heterocycles. The summed E-state index contributed by atoms with van der Waals surface area (Å²) in [5, 5.41) is 2.58. The number of hydrogen-bond donors (Lipinski definition) is 1. The van der Waals surface area contributed by atoms with E-state index in [0.29, 0.717) is 18.8 Å². The van der Waals surface area contributed by atoms with Gasteiger partial charge >= 0.3 is 12.1 Å². The third-order valence-electron chi connectivity index (χ3n) is 3.86. The Kier molecular flexibility index (Phi) is 7.01. The van der Waals surface area contributed by atoms with Crippen molar-refractivity contribution in [1.82, 2.24) is 4.90 Å². The third kappa shape index (κ3) is 6.84. The average Bonchev–Trinajstić information content (AvgIpc) is 2.57. The van der Waals surface area contributed by atoms with E-state index < -0.39 is 17.7 Å². The molecule has 1 saturated heterocycles. The van der Waals surface area contributed by atoms with Gasteiger partial charge in [-0.05, 0) is 58.9 Å². The van der Waals surface area contributed by atoms with Crippen LogP contribution in [0.5, 0.6) is 0 Å². The van der Waals surface area contributed by atoms with E-state index in [2.05, 4.69) is 5.32 Å². The van der Waals surface area contributed by atoms with Crippen molar-refractivity contribution in [2.45, 2.75) is 52.4 Å². The van der Waals surface area contributed by atoms with Crippen LogP contribution < -0.4 is 5.32 Å². The lowest BCUT2D eigenvalue weighted by Crippen LogP contribution is -2.49. The first-order valence-corrected chi connectivity index (χ1v) is 9.24. The molecule has 1 fully saturated rings. The number of hydrogen-bond acceptors (Lipinski definition) is 6. The van der Waals surface area contributed by atoms with Crippen molar-refractivity contribution in [2.24, 2.45) is 0 Å². The molecule has 8 heteroatoms. The summed E-state index contributed by atoms with van der Waals surface area (Å²) in [6, 6.07) is 6.15. The standard InChI is InChI=1S/C20H28N2O6/c1-13-10-22(11-14(2)27-13)17(23)12-26-18(24)15-6-8-16(9-7-15)21-19(25)28-20(3,4)5/h6-9,13-14H,10-12H2,1-5H3,(H,21,25)/t13-,14-/m1/s1. The van der Waals surface area contributed by atoms with Gasteiger partial charge in [0, 0.05) is 18.8 Å². The van der Waals surface area contributed by atoms with Crippen molar-refractivity contribution in [2.75, 3.05) is 25.0 Å². The molecule has 0 aliphatic carbocycles. The number of carbonyl (C=O) groups excluding carboxylic acids is 3. The summed E-state index contributed by atoms with van der Waals surface area (Å²) < 4.78 is 15.9. The van der Waals surface area contributed by atoms with Crippen molar-refractivity contribution in [3.8, 4) is 0 Å². The van der Waals surface area contributed by atoms with Gasteiger partial charge < -0.3 is 19.1 Å². The first-order chi connectivity index (χ1) is 13.0. The second-order valence-electron chi connectivity index (χ2n) is 7.84. The third-order valence-corrected chi connectivity index (χ3v) is 3.86. The fourth-order valence-corrected chi connectivity index (χ4v) is 2.79. The van der Waals surface area contributed by atoms with Crippen LogP contribution in [-0.4, -0.2) is 60.4 Å². The van der Waals surface area contributed by atoms with E-state index in [1.807, 2.05) is 13.8 Å². The molecule has 0 aromatic heterocycles. The number of ether oxygens (including phenoxy) is 3. The number of morpholine rings is 1. The molecule has 0 radical (unpaired) electrons. The Hall–Kier alpha value is -2.61. The molecule has 154 valence electrons. The molecule has 2 rings (SSSR count). The molecule has 1 aliphatic rings. The minimum absolute atomic E-state index is 0.0478. The molecule has 2 amide bonds. The highest BCUT2D eigenvalue weighted by atomic mass is 16.6. The maximum absolute atomic E-state index is 12.2. The minimum Gasteiger partial charge on any atom is -0.452 e. The Morgan fingerprint density at radius 1 is 1.11 bits per heavy atom. The van der Waals surface area contributed by atoms with Crippen LogP contribution in [0.1, 0.15) is 45.0 Å². The van der Waals surface area contributed by atoms with Gasteiger partial charge in [-0.15, -0.1) is 0 Å². The zero-order valence-electron chi connectivity index (χ0n) is 17.0. The SMILES string of the molecule is C[C@@H]1CN(C(=O)COC(=O)c2ccc(NC(=O)OC(C)(C)C)cc2)C[C@@H](C)O1. The molecular formula is C20H28N2O6. The van der Waals surface area contributed by atoms with E-state index in [0.717, 1.165) is 0 Å². The van der Waals surface area contributed by atoms with Gasteiger partial charge in [0.1, 0.15) is 5.60 Å². The summed E-state index contributed by atoms with van der Waals surface area (Å²) in [7, 11) is 0. The van der Waals surface area contributed by atoms with Crippen LogP contribution in [0.25, 0.3) is 0 Å². The van der Waals surface area contributed by atoms with Gasteiger partial charge in [0.2, 0.25) is 0 Å². The molecule has 1 aromatic carbocycles. The maximum atomic E-state index is 12.2. The number of nitrogens with zero attached hydrogens (tertiary/aromatic N) is 1. The highest BCUT2D eigenvalue weighted by Gasteiger charge is 2.26. The van der Waals surface area contributed by atoms with E-state index in [1.54, 1.807) is 37.8 Å². The van der Waals surface area contributed by atoms with E-state index >= 15 is 0 Å². The Balaban J connectivity index is 1.84. The number of amides is 2. The molecular weight excluding hydrogens is 364 g/mol. The van der Waals surface area contributed by atoms with Crippen LogP contribution in [-0.2, 0) is 19.0 Å². The zero-order chi connectivity index (χ0) is 20.9. The Morgan fingerprint density at radius 2 is 1.68 bits per heavy atom. The summed E-state index contributed by atoms with van der Waals surface area (Å²) in [4.78, 5) is 37.8. The van der Waals surface area contributed by atoms with Crippen molar-refractivity contribution >= 4 is 23.7 Å². The average molecular weight is 392 g/mol. The largest absolute Gasteiger partial charge is 0.452 e. The molecule has 2 atom stereocenters. The number of benzene rings is 1. The van der Waals surface area contributed by atoms with Gasteiger partial charge in [-0.3, -0.25) is 10.1 Å². The van der Waals surface area contributed by atoms with Crippen molar-refractivity contribution < 1.29 is 28.6 Å². The zero-order valence-corrected chi connectivity index (χ0v) is 17.0. The van der Waals surface area contributed by atoms with E-state index in [4.69, 9.17) is 14.2 Å². The lowest BCUT2D eigenvalue weighted by Gasteiger charge is -2.35. The van der Waals surface area contributed by atoms with Crippen molar-refractivity contribution in [3.05, 3.63) is 29.8 Å². The fraction of sp³-hybridized carbons (Fsp3) is 0.550. The summed E-state index contributed by atoms with van der Waals surface area (Å²) in [6.07, 6.45) is -0.677. The smallest absolute Gasteiger partial charge is 0.412 e. The second kappa shape index (κ2) is 9.05. The monoisotopic (exact) mass is 392 g/mol. The van der Waals surface area contributed by atoms with Gasteiger partial charge in [-0.1, -0.05) is 0 Å². The van der Waals surface area contributed by atoms with E-state index in [9.17, 15) is 14.4 Å². The molecule has 0 saturated carbocycles. The molecule has 0 bridgehead atoms. The number of carbonyl (C=O) groups is 3. The molecule has 0 spiro atoms. The van der Waals surface area contributed by atoms with Gasteiger partial charge in [0.25, 0.3) is 5.91 Å². The first-order valence-electron chi connectivity index (χ1n) is 9.24. The maximum Gasteiger partial charge on any atom is 0.412 e. The van der Waals surface area contributed by atoms with E-state index in [1.165, 1.54) is 12.1 Å². The molecule has 1 aliphatic heterocycles. The number of esters is 1. The van der Waals surface area contributed by atoms with Crippen molar-refractivity contribution in [1.29, 1.82) is 0 Å². The highest BCUT2D eigenvalue weighted by molar-refractivity contribution is 5.92. The Bertz CT molecular complexity index is 700. The number of anilines is 1. The Labute approximate surface area is 165 Å². The second-order valence-corrected chi connectivity index (χ2v) is 7.84. The van der Waals surface area contributed by atoms with Gasteiger partial charge in [-0.25, -0.2) is 9.59 Å². The molecule has 1 N–H and O–H groups in total. The summed E-state index contributed by atoms with van der Waals surface area (Å²) in [6.45, 7) is 9.74. The molecule has 0 unspecified atom stereocenters. The topological polar surface area (TPSA) is 94.2 Å². The predicted octanol–water partition coefficient (Wildman–Crippen LogP) is 2.83. The fourth-order valence-electron chi connectivity index (χ4n) is 2.79. The van der Waals surface area contributed by atoms with Crippen LogP contribution in [0.2, 0.25) is 0 Å². The van der Waals surface area contributed by atoms with Crippen LogP contribution in [0.4, 0.5) is 10.5 Å². The van der Waals surface area contributed by atoms with Crippen LogP contribution >= 0.6 is 0 Å². The van der Waals surface area contributed by atoms with Gasteiger partial charge in [-0.2, -0.15) is 0 Å². The number of nitrogens with one attached hydrogen (secondary N) is 1. The quantitative estimate of drug-likeness (QED) is 0.792. The summed E-state index contributed by atoms with van der Waals surface area (Å²) >= 11 is 0. The lowest BCUT2D eigenvalue weighted by molar-refractivity contribution is -0.146. The Morgan fingerprint density at radius 3 is 2.21 bits per heavy atom. The predicted molar refractivity (Wildman–Crippen MR) is 103 cm³/mol. The van der Waals surface area contributed by atoms with Crippen LogP contribution in [0.3, 0.4) is 0 Å². The van der Waals surface area contributed by atoms with Crippen LogP contribution in [0, 0.1) is 0 Å². The normalized spacial score (nSPS) is 19.7. The summed E-state index contributed by atoms with van der Waals surface area (Å²) in [5.41, 5.74) is 0.167. The number of rotatable bonds is 4. The first kappa shape index (κ1) is 21.7. The molecule has 8 nitrogen and oxygen atoms in total. The minimum atomic E-state index is -0.605. The molecule has 28 heavy (non-hydrogen) atoms. The summed E-state index contributed by atoms with van der Waals surface area (Å²) in [5.74, 6) is -0.856. The van der Waals surface area contributed by atoms with Crippen molar-refractivity contribution in [3.63, 3.8) is 0 Å². The molecule has 1 aromatic rings. The van der Waals surface area contributed by atoms with E-state index in [-0.39, 0.29) is 30.3 Å². The van der Waals surface area contributed by atoms with Gasteiger partial charge in [0.15, 0.2) is 6.61 Å². The lowest BCUT2D eigenvalue weighted by atomic mass is 10.2. The highest BCUT2D eigenvalue weighted by Crippen LogP contribution is 2.14.